The zero-order chi connectivity index (χ0) is 11.3. The molecule has 0 bridgehead atoms. The van der Waals surface area contributed by atoms with Gasteiger partial charge in [-0.05, 0) is 19.1 Å². The normalized spacial score (nSPS) is 12.1. The maximum atomic E-state index is 11.3. The first kappa shape index (κ1) is 11.7. The molecular weight excluding hydrogens is 212 g/mol. The Bertz CT molecular complexity index is 335. The van der Waals surface area contributed by atoms with Crippen LogP contribution < -0.4 is 11.1 Å². The van der Waals surface area contributed by atoms with Crippen LogP contribution in [0, 0.1) is 0 Å². The number of carbonyl (C=O) groups excluding carboxylic acids is 1. The summed E-state index contributed by atoms with van der Waals surface area (Å²) in [6.45, 7) is 1.90. The van der Waals surface area contributed by atoms with E-state index in [9.17, 15) is 4.79 Å². The second-order valence-corrected chi connectivity index (χ2v) is 3.92. The van der Waals surface area contributed by atoms with E-state index in [1.165, 1.54) is 0 Å². The minimum atomic E-state index is -0.151. The van der Waals surface area contributed by atoms with Gasteiger partial charge in [-0.1, -0.05) is 12.2 Å². The van der Waals surface area contributed by atoms with E-state index < -0.39 is 0 Å². The van der Waals surface area contributed by atoms with Gasteiger partial charge in [0.15, 0.2) is 0 Å². The predicted molar refractivity (Wildman–Crippen MR) is 61.4 cm³/mol. The molecule has 1 unspecified atom stereocenters. The lowest BCUT2D eigenvalue weighted by molar-refractivity contribution is -0.120. The largest absolute Gasteiger partial charge is 0.469 e. The summed E-state index contributed by atoms with van der Waals surface area (Å²) < 4.78 is 5.17. The molecule has 15 heavy (non-hydrogen) atoms. The zero-order valence-electron chi connectivity index (χ0n) is 8.53. The molecule has 0 aliphatic heterocycles. The van der Waals surface area contributed by atoms with Crippen LogP contribution in [-0.2, 0) is 11.2 Å². The number of rotatable bonds is 5. The van der Waals surface area contributed by atoms with E-state index in [1.54, 1.807) is 6.26 Å². The summed E-state index contributed by atoms with van der Waals surface area (Å²) in [5.41, 5.74) is 5.26. The lowest BCUT2D eigenvalue weighted by Gasteiger charge is -2.11. The predicted octanol–water partition coefficient (Wildman–Crippen LogP) is 1.00. The minimum Gasteiger partial charge on any atom is -0.469 e. The number of hydrogen-bond acceptors (Lipinski definition) is 3. The lowest BCUT2D eigenvalue weighted by Crippen LogP contribution is -2.35. The number of thiocarbonyl (C=S) groups is 1. The van der Waals surface area contributed by atoms with Crippen LogP contribution in [0.2, 0.25) is 0 Å². The van der Waals surface area contributed by atoms with Crippen molar-refractivity contribution in [2.75, 3.05) is 0 Å². The Morgan fingerprint density at radius 2 is 2.47 bits per heavy atom. The molecule has 0 aliphatic rings. The Balaban J connectivity index is 2.32. The maximum absolute atomic E-state index is 11.3. The Morgan fingerprint density at radius 1 is 1.73 bits per heavy atom. The van der Waals surface area contributed by atoms with Crippen molar-refractivity contribution in [2.45, 2.75) is 25.8 Å². The van der Waals surface area contributed by atoms with Gasteiger partial charge in [0, 0.05) is 12.5 Å². The topological polar surface area (TPSA) is 68.3 Å². The molecule has 4 nitrogen and oxygen atoms in total. The summed E-state index contributed by atoms with van der Waals surface area (Å²) in [6, 6.07) is 3.70. The van der Waals surface area contributed by atoms with E-state index in [4.69, 9.17) is 10.2 Å². The molecule has 3 N–H and O–H groups in total. The number of hydrogen-bond donors (Lipinski definition) is 2. The first-order valence-electron chi connectivity index (χ1n) is 4.68. The molecule has 1 amide bonds. The number of nitrogens with one attached hydrogen (secondary N) is 1. The first-order valence-corrected chi connectivity index (χ1v) is 5.09. The molecule has 0 spiro atoms. The zero-order valence-corrected chi connectivity index (χ0v) is 9.34. The molecular formula is C10H14N2O2S. The highest BCUT2D eigenvalue weighted by Gasteiger charge is 2.09. The molecule has 1 aromatic heterocycles. The SMILES string of the molecule is CC(Cc1ccco1)NC(=O)CC(N)=S. The highest BCUT2D eigenvalue weighted by atomic mass is 32.1. The van der Waals surface area contributed by atoms with E-state index in [2.05, 4.69) is 17.5 Å². The fourth-order valence-electron chi connectivity index (χ4n) is 1.27. The molecule has 1 rings (SSSR count). The van der Waals surface area contributed by atoms with Gasteiger partial charge in [-0.25, -0.2) is 0 Å². The monoisotopic (exact) mass is 226 g/mol. The first-order chi connectivity index (χ1) is 7.08. The minimum absolute atomic E-state index is 0.0120. The fraction of sp³-hybridized carbons (Fsp3) is 0.400. The average Bonchev–Trinajstić information content (AvgIpc) is 2.53. The summed E-state index contributed by atoms with van der Waals surface area (Å²) in [4.78, 5) is 11.5. The van der Waals surface area contributed by atoms with Gasteiger partial charge in [-0.15, -0.1) is 0 Å². The Hall–Kier alpha value is -1.36. The van der Waals surface area contributed by atoms with Gasteiger partial charge < -0.3 is 15.5 Å². The van der Waals surface area contributed by atoms with E-state index >= 15 is 0 Å². The average molecular weight is 226 g/mol. The summed E-state index contributed by atoms with van der Waals surface area (Å²) in [7, 11) is 0. The van der Waals surface area contributed by atoms with Gasteiger partial charge in [-0.2, -0.15) is 0 Å². The number of nitrogens with two attached hydrogens (primary N) is 1. The fourth-order valence-corrected chi connectivity index (χ4v) is 1.40. The summed E-state index contributed by atoms with van der Waals surface area (Å²) in [5.74, 6) is 0.694. The van der Waals surface area contributed by atoms with Crippen LogP contribution in [0.4, 0.5) is 0 Å². The molecule has 0 saturated heterocycles. The van der Waals surface area contributed by atoms with Crippen molar-refractivity contribution >= 4 is 23.1 Å². The number of carbonyl (C=O) groups is 1. The Morgan fingerprint density at radius 3 is 3.00 bits per heavy atom. The van der Waals surface area contributed by atoms with Gasteiger partial charge in [-0.3, -0.25) is 4.79 Å². The Kier molecular flexibility index (Phi) is 4.30. The molecule has 0 aromatic carbocycles. The van der Waals surface area contributed by atoms with Crippen molar-refractivity contribution in [3.63, 3.8) is 0 Å². The van der Waals surface area contributed by atoms with Crippen molar-refractivity contribution in [3.05, 3.63) is 24.2 Å². The van der Waals surface area contributed by atoms with Crippen molar-refractivity contribution in [2.24, 2.45) is 5.73 Å². The molecule has 0 fully saturated rings. The molecule has 0 saturated carbocycles. The van der Waals surface area contributed by atoms with Crippen LogP contribution in [0.5, 0.6) is 0 Å². The molecule has 1 atom stereocenters. The van der Waals surface area contributed by atoms with Crippen LogP contribution in [0.1, 0.15) is 19.1 Å². The van der Waals surface area contributed by atoms with E-state index in [-0.39, 0.29) is 23.4 Å². The van der Waals surface area contributed by atoms with Gasteiger partial charge in [0.1, 0.15) is 5.76 Å². The van der Waals surface area contributed by atoms with Crippen molar-refractivity contribution in [1.29, 1.82) is 0 Å². The number of amides is 1. The van der Waals surface area contributed by atoms with Crippen molar-refractivity contribution < 1.29 is 9.21 Å². The molecule has 82 valence electrons. The van der Waals surface area contributed by atoms with Crippen LogP contribution in [0.3, 0.4) is 0 Å². The van der Waals surface area contributed by atoms with Gasteiger partial charge in [0.05, 0.1) is 17.7 Å². The van der Waals surface area contributed by atoms with Crippen LogP contribution in [-0.4, -0.2) is 16.9 Å². The quantitative estimate of drug-likeness (QED) is 0.735. The number of furan rings is 1. The molecule has 1 aromatic rings. The van der Waals surface area contributed by atoms with Gasteiger partial charge in [0.2, 0.25) is 5.91 Å². The van der Waals surface area contributed by atoms with E-state index in [0.29, 0.717) is 6.42 Å². The lowest BCUT2D eigenvalue weighted by atomic mass is 10.2. The van der Waals surface area contributed by atoms with Crippen molar-refractivity contribution in [1.82, 2.24) is 5.32 Å². The third-order valence-corrected chi connectivity index (χ3v) is 1.97. The maximum Gasteiger partial charge on any atom is 0.227 e. The molecule has 1 heterocycles. The van der Waals surface area contributed by atoms with Crippen molar-refractivity contribution in [3.8, 4) is 0 Å². The van der Waals surface area contributed by atoms with E-state index in [1.807, 2.05) is 19.1 Å². The van der Waals surface area contributed by atoms with Crippen LogP contribution >= 0.6 is 12.2 Å². The third-order valence-electron chi connectivity index (χ3n) is 1.83. The van der Waals surface area contributed by atoms with Crippen LogP contribution in [0.15, 0.2) is 22.8 Å². The Labute approximate surface area is 93.8 Å². The highest BCUT2D eigenvalue weighted by Crippen LogP contribution is 2.03. The molecule has 0 aliphatic carbocycles. The second kappa shape index (κ2) is 5.50. The molecule has 0 radical (unpaired) electrons. The third kappa shape index (κ3) is 4.60. The van der Waals surface area contributed by atoms with E-state index in [0.717, 1.165) is 5.76 Å². The summed E-state index contributed by atoms with van der Waals surface area (Å²) in [5, 5.41) is 2.78. The molecule has 5 heteroatoms. The van der Waals surface area contributed by atoms with Gasteiger partial charge >= 0.3 is 0 Å². The van der Waals surface area contributed by atoms with Gasteiger partial charge in [0.25, 0.3) is 0 Å². The summed E-state index contributed by atoms with van der Waals surface area (Å²) in [6.07, 6.45) is 2.37. The highest BCUT2D eigenvalue weighted by molar-refractivity contribution is 7.80. The second-order valence-electron chi connectivity index (χ2n) is 3.40. The summed E-state index contributed by atoms with van der Waals surface area (Å²) >= 11 is 4.64. The standard InChI is InChI=1S/C10H14N2O2S/c1-7(5-8-3-2-4-14-8)12-10(13)6-9(11)15/h2-4,7H,5-6H2,1H3,(H2,11,15)(H,12,13). The smallest absolute Gasteiger partial charge is 0.227 e. The van der Waals surface area contributed by atoms with Crippen LogP contribution in [0.25, 0.3) is 0 Å².